The maximum absolute atomic E-state index is 15.2. The van der Waals surface area contributed by atoms with Crippen LogP contribution in [-0.4, -0.2) is 18.5 Å². The third-order valence-corrected chi connectivity index (χ3v) is 7.22. The molecule has 0 N–H and O–H groups in total. The van der Waals surface area contributed by atoms with E-state index in [9.17, 15) is 8.42 Å². The summed E-state index contributed by atoms with van der Waals surface area (Å²) in [6.45, 7) is 6.24. The van der Waals surface area contributed by atoms with Gasteiger partial charge in [-0.3, -0.25) is 0 Å². The van der Waals surface area contributed by atoms with Crippen molar-refractivity contribution in [3.63, 3.8) is 0 Å². The van der Waals surface area contributed by atoms with Crippen LogP contribution in [0.25, 0.3) is 0 Å². The Balaban J connectivity index is 2.18. The zero-order chi connectivity index (χ0) is 16.1. The van der Waals surface area contributed by atoms with Crippen LogP contribution in [0.15, 0.2) is 29.2 Å². The lowest BCUT2D eigenvalue weighted by Crippen LogP contribution is -2.60. The van der Waals surface area contributed by atoms with Gasteiger partial charge in [0, 0.05) is 0 Å². The van der Waals surface area contributed by atoms with Gasteiger partial charge < -0.3 is 0 Å². The normalized spacial score (nSPS) is 34.8. The molecule has 0 bridgehead atoms. The van der Waals surface area contributed by atoms with E-state index in [0.717, 1.165) is 18.4 Å². The second-order valence-electron chi connectivity index (χ2n) is 7.35. The van der Waals surface area contributed by atoms with Gasteiger partial charge in [0.25, 0.3) is 10.0 Å². The van der Waals surface area contributed by atoms with Crippen LogP contribution in [0, 0.1) is 17.8 Å². The molecule has 1 saturated carbocycles. The van der Waals surface area contributed by atoms with E-state index >= 15 is 4.48 Å². The SMILES string of the molecule is CC1CCC(C(C)C)[C@]2(Cc3ccccc3S(=O)(=O)N2F)C1. The molecule has 22 heavy (non-hydrogen) atoms. The Labute approximate surface area is 132 Å². The van der Waals surface area contributed by atoms with Gasteiger partial charge in [-0.05, 0) is 53.2 Å². The lowest BCUT2D eigenvalue weighted by Gasteiger charge is -2.52. The highest BCUT2D eigenvalue weighted by Gasteiger charge is 2.56. The van der Waals surface area contributed by atoms with Crippen molar-refractivity contribution >= 4 is 10.0 Å². The fourth-order valence-corrected chi connectivity index (χ4v) is 6.22. The van der Waals surface area contributed by atoms with Gasteiger partial charge in [0.1, 0.15) is 0 Å². The number of hydrogen-bond donors (Lipinski definition) is 0. The molecule has 0 radical (unpaired) electrons. The van der Waals surface area contributed by atoms with Crippen molar-refractivity contribution in [1.29, 1.82) is 0 Å². The minimum atomic E-state index is -4.05. The summed E-state index contributed by atoms with van der Waals surface area (Å²) < 4.78 is 40.8. The second kappa shape index (κ2) is 5.31. The monoisotopic (exact) mass is 325 g/mol. The van der Waals surface area contributed by atoms with Crippen molar-refractivity contribution in [2.75, 3.05) is 0 Å². The van der Waals surface area contributed by atoms with E-state index in [0.29, 0.717) is 18.8 Å². The van der Waals surface area contributed by atoms with Crippen molar-refractivity contribution in [3.05, 3.63) is 29.8 Å². The fraction of sp³-hybridized carbons (Fsp3) is 0.647. The summed E-state index contributed by atoms with van der Waals surface area (Å²) in [4.78, 5) is 0.129. The topological polar surface area (TPSA) is 37.4 Å². The van der Waals surface area contributed by atoms with Gasteiger partial charge in [-0.2, -0.15) is 0 Å². The number of hydrogen-bond acceptors (Lipinski definition) is 2. The predicted octanol–water partition coefficient (Wildman–Crippen LogP) is 3.95. The Bertz CT molecular complexity index is 673. The molecule has 1 aromatic carbocycles. The molecule has 3 nitrogen and oxygen atoms in total. The summed E-state index contributed by atoms with van der Waals surface area (Å²) in [5, 5.41) is 0. The Kier molecular flexibility index (Phi) is 3.84. The number of fused-ring (bicyclic) bond motifs is 1. The summed E-state index contributed by atoms with van der Waals surface area (Å²) >= 11 is 0. The lowest BCUT2D eigenvalue weighted by atomic mass is 9.63. The summed E-state index contributed by atoms with van der Waals surface area (Å²) in [6, 6.07) is 6.84. The van der Waals surface area contributed by atoms with Crippen molar-refractivity contribution in [2.24, 2.45) is 17.8 Å². The van der Waals surface area contributed by atoms with Crippen LogP contribution >= 0.6 is 0 Å². The molecule has 1 aliphatic heterocycles. The Morgan fingerprint density at radius 3 is 2.64 bits per heavy atom. The van der Waals surface area contributed by atoms with E-state index in [1.54, 1.807) is 6.07 Å². The molecule has 0 aromatic heterocycles. The molecule has 122 valence electrons. The van der Waals surface area contributed by atoms with Crippen LogP contribution in [-0.2, 0) is 16.4 Å². The smallest absolute Gasteiger partial charge is 0.205 e. The van der Waals surface area contributed by atoms with Crippen LogP contribution in [0.5, 0.6) is 0 Å². The molecule has 5 heteroatoms. The number of rotatable bonds is 1. The first-order valence-corrected chi connectivity index (χ1v) is 9.52. The lowest BCUT2D eigenvalue weighted by molar-refractivity contribution is -0.0827. The van der Waals surface area contributed by atoms with Gasteiger partial charge >= 0.3 is 0 Å². The average Bonchev–Trinajstić information content (AvgIpc) is 2.45. The Morgan fingerprint density at radius 2 is 1.95 bits per heavy atom. The molecular formula is C17H24FNO2S. The van der Waals surface area contributed by atoms with Crippen LogP contribution in [0.3, 0.4) is 0 Å². The first kappa shape index (κ1) is 15.9. The third kappa shape index (κ3) is 2.21. The quantitative estimate of drug-likeness (QED) is 0.733. The van der Waals surface area contributed by atoms with Gasteiger partial charge in [0.05, 0.1) is 10.4 Å². The minimum Gasteiger partial charge on any atom is -0.205 e. The van der Waals surface area contributed by atoms with Gasteiger partial charge in [0.2, 0.25) is 0 Å². The molecule has 1 spiro atoms. The molecule has 1 heterocycles. The van der Waals surface area contributed by atoms with Crippen LogP contribution in [0.4, 0.5) is 4.48 Å². The van der Waals surface area contributed by atoms with E-state index in [-0.39, 0.29) is 21.3 Å². The van der Waals surface area contributed by atoms with Crippen LogP contribution < -0.4 is 0 Å². The molecule has 2 aliphatic rings. The highest BCUT2D eigenvalue weighted by molar-refractivity contribution is 7.89. The number of sulfonamides is 1. The van der Waals surface area contributed by atoms with Gasteiger partial charge in [-0.25, -0.2) is 8.42 Å². The summed E-state index contributed by atoms with van der Waals surface area (Å²) in [5.41, 5.74) is -0.157. The maximum Gasteiger partial charge on any atom is 0.269 e. The zero-order valence-corrected chi connectivity index (χ0v) is 14.2. The number of halogens is 1. The van der Waals surface area contributed by atoms with E-state index in [1.807, 2.05) is 12.1 Å². The number of nitrogens with zero attached hydrogens (tertiary/aromatic N) is 1. The van der Waals surface area contributed by atoms with Crippen molar-refractivity contribution in [1.82, 2.24) is 4.53 Å². The highest BCUT2D eigenvalue weighted by atomic mass is 32.2. The molecule has 0 saturated heterocycles. The summed E-state index contributed by atoms with van der Waals surface area (Å²) in [7, 11) is -4.05. The number of benzene rings is 1. The van der Waals surface area contributed by atoms with Crippen LogP contribution in [0.2, 0.25) is 0 Å². The van der Waals surface area contributed by atoms with Gasteiger partial charge in [-0.1, -0.05) is 45.4 Å². The van der Waals surface area contributed by atoms with Crippen molar-refractivity contribution in [2.45, 2.75) is 56.9 Å². The van der Waals surface area contributed by atoms with Crippen LogP contribution in [0.1, 0.15) is 45.6 Å². The van der Waals surface area contributed by atoms with Crippen molar-refractivity contribution in [3.8, 4) is 0 Å². The molecule has 3 atom stereocenters. The van der Waals surface area contributed by atoms with Gasteiger partial charge in [0.15, 0.2) is 0 Å². The van der Waals surface area contributed by atoms with E-state index in [2.05, 4.69) is 20.8 Å². The highest BCUT2D eigenvalue weighted by Crippen LogP contribution is 2.51. The average molecular weight is 325 g/mol. The van der Waals surface area contributed by atoms with Gasteiger partial charge in [-0.15, -0.1) is 4.48 Å². The molecule has 1 aliphatic carbocycles. The van der Waals surface area contributed by atoms with E-state index in [4.69, 9.17) is 0 Å². The maximum atomic E-state index is 15.2. The molecular weight excluding hydrogens is 301 g/mol. The molecule has 3 rings (SSSR count). The van der Waals surface area contributed by atoms with E-state index < -0.39 is 15.6 Å². The van der Waals surface area contributed by atoms with Crippen molar-refractivity contribution < 1.29 is 12.9 Å². The molecule has 1 fully saturated rings. The second-order valence-corrected chi connectivity index (χ2v) is 9.06. The first-order chi connectivity index (χ1) is 10.3. The molecule has 0 amide bonds. The first-order valence-electron chi connectivity index (χ1n) is 8.08. The summed E-state index contributed by atoms with van der Waals surface area (Å²) in [5.74, 6) is 0.650. The third-order valence-electron chi connectivity index (χ3n) is 5.48. The standard InChI is InChI=1S/C17H24FNO2S/c1-12(2)15-9-8-13(3)10-17(15)11-14-6-4-5-7-16(14)22(20,21)19(17)18/h4-7,12-13,15H,8-11H2,1-3H3/t13?,15?,17-/m1/s1. The zero-order valence-electron chi connectivity index (χ0n) is 13.4. The molecule has 2 unspecified atom stereocenters. The molecule has 1 aromatic rings. The fourth-order valence-electron chi connectivity index (χ4n) is 4.57. The predicted molar refractivity (Wildman–Crippen MR) is 84.4 cm³/mol. The minimum absolute atomic E-state index is 0.0526. The van der Waals surface area contributed by atoms with E-state index in [1.165, 1.54) is 6.07 Å². The Hall–Kier alpha value is -0.940. The Morgan fingerprint density at radius 1 is 1.27 bits per heavy atom. The largest absolute Gasteiger partial charge is 0.269 e. The summed E-state index contributed by atoms with van der Waals surface area (Å²) in [6.07, 6.45) is 3.00.